The summed E-state index contributed by atoms with van der Waals surface area (Å²) in [5.74, 6) is -0.267. The van der Waals surface area contributed by atoms with Crippen LogP contribution in [-0.2, 0) is 4.84 Å². The van der Waals surface area contributed by atoms with E-state index in [0.29, 0.717) is 46.8 Å². The Morgan fingerprint density at radius 3 is 2.03 bits per heavy atom. The largest absolute Gasteiger partial charge is 0.388 e. The van der Waals surface area contributed by atoms with Crippen LogP contribution in [0.25, 0.3) is 6.08 Å². The molecule has 5 nitrogen and oxygen atoms in total. The number of hydroxylamine groups is 1. The Bertz CT molecular complexity index is 1170. The molecular weight excluding hydrogens is 436 g/mol. The maximum atomic E-state index is 13.3. The van der Waals surface area contributed by atoms with Gasteiger partial charge in [0.15, 0.2) is 11.6 Å². The van der Waals surface area contributed by atoms with E-state index in [2.05, 4.69) is 18.8 Å². The number of hydrogen-bond donors (Lipinski definition) is 1. The van der Waals surface area contributed by atoms with Crippen LogP contribution < -0.4 is 10.4 Å². The molecule has 3 aromatic rings. The van der Waals surface area contributed by atoms with Crippen molar-refractivity contribution in [2.75, 3.05) is 30.6 Å². The van der Waals surface area contributed by atoms with Crippen molar-refractivity contribution in [3.63, 3.8) is 0 Å². The number of carbonyl (C=O) groups is 2. The van der Waals surface area contributed by atoms with Gasteiger partial charge in [-0.05, 0) is 31.0 Å². The standard InChI is InChI=1S/C22H26N2O3.C8H8/c1-4-6-9-14-27-24(5-2)18-13-12-17(23-3)19-20(18)22(26)16-11-8-7-10-15(16)21(19)25;1-2-8-6-4-3-5-7-8/h7-8,10-13,23H,4-6,9,14H2,1-3H3;2-7H,1H2. The van der Waals surface area contributed by atoms with E-state index >= 15 is 0 Å². The Balaban J connectivity index is 0.000000363. The molecule has 4 rings (SSSR count). The molecule has 1 N–H and O–H groups in total. The molecule has 3 aromatic carbocycles. The third-order valence-corrected chi connectivity index (χ3v) is 5.91. The normalized spacial score (nSPS) is 11.6. The molecule has 0 fully saturated rings. The molecule has 35 heavy (non-hydrogen) atoms. The lowest BCUT2D eigenvalue weighted by molar-refractivity contribution is 0.0962. The zero-order chi connectivity index (χ0) is 25.2. The van der Waals surface area contributed by atoms with Crippen molar-refractivity contribution in [1.82, 2.24) is 0 Å². The molecule has 0 bridgehead atoms. The SMILES string of the molecule is C=Cc1ccccc1.CCCCCON(CC)c1ccc(NC)c2c1C(=O)c1ccccc1C2=O. The number of hydrogen-bond acceptors (Lipinski definition) is 5. The zero-order valence-corrected chi connectivity index (χ0v) is 20.8. The topological polar surface area (TPSA) is 58.6 Å². The highest BCUT2D eigenvalue weighted by molar-refractivity contribution is 6.31. The lowest BCUT2D eigenvalue weighted by Gasteiger charge is -2.28. The number of benzene rings is 3. The summed E-state index contributed by atoms with van der Waals surface area (Å²) < 4.78 is 0. The molecule has 0 saturated carbocycles. The average molecular weight is 471 g/mol. The fourth-order valence-electron chi connectivity index (χ4n) is 4.07. The molecule has 0 amide bonds. The Hall–Kier alpha value is -3.70. The van der Waals surface area contributed by atoms with Crippen LogP contribution in [0.3, 0.4) is 0 Å². The number of unbranched alkanes of at least 4 members (excludes halogenated alkanes) is 2. The van der Waals surface area contributed by atoms with E-state index in [1.54, 1.807) is 36.4 Å². The van der Waals surface area contributed by atoms with Gasteiger partial charge >= 0.3 is 0 Å². The van der Waals surface area contributed by atoms with Gasteiger partial charge in [0, 0.05) is 30.4 Å². The van der Waals surface area contributed by atoms with Crippen molar-refractivity contribution in [2.45, 2.75) is 33.1 Å². The first-order valence-corrected chi connectivity index (χ1v) is 12.2. The van der Waals surface area contributed by atoms with Gasteiger partial charge in [-0.3, -0.25) is 19.5 Å². The quantitative estimate of drug-likeness (QED) is 0.216. The Morgan fingerprint density at radius 1 is 0.857 bits per heavy atom. The van der Waals surface area contributed by atoms with Crippen molar-refractivity contribution < 1.29 is 14.4 Å². The third kappa shape index (κ3) is 5.87. The Labute approximate surface area is 208 Å². The van der Waals surface area contributed by atoms with E-state index in [1.165, 1.54) is 5.56 Å². The minimum atomic E-state index is -0.136. The van der Waals surface area contributed by atoms with Crippen molar-refractivity contribution in [2.24, 2.45) is 0 Å². The van der Waals surface area contributed by atoms with Crippen LogP contribution in [0.2, 0.25) is 0 Å². The van der Waals surface area contributed by atoms with Gasteiger partial charge in [0.05, 0.1) is 23.4 Å². The van der Waals surface area contributed by atoms with Gasteiger partial charge in [-0.2, -0.15) is 0 Å². The maximum Gasteiger partial charge on any atom is 0.196 e. The third-order valence-electron chi connectivity index (χ3n) is 5.91. The van der Waals surface area contributed by atoms with E-state index < -0.39 is 0 Å². The van der Waals surface area contributed by atoms with Gasteiger partial charge in [-0.25, -0.2) is 0 Å². The van der Waals surface area contributed by atoms with Crippen LogP contribution >= 0.6 is 0 Å². The first-order chi connectivity index (χ1) is 17.1. The smallest absolute Gasteiger partial charge is 0.196 e. The van der Waals surface area contributed by atoms with Crippen LogP contribution in [0.1, 0.15) is 70.5 Å². The van der Waals surface area contributed by atoms with Gasteiger partial charge < -0.3 is 5.32 Å². The summed E-state index contributed by atoms with van der Waals surface area (Å²) in [7, 11) is 1.76. The summed E-state index contributed by atoms with van der Waals surface area (Å²) in [6.45, 7) is 8.92. The Morgan fingerprint density at radius 2 is 1.49 bits per heavy atom. The molecular formula is C30H34N2O3. The second-order valence-electron chi connectivity index (χ2n) is 8.19. The number of carbonyl (C=O) groups excluding carboxylic acids is 2. The fraction of sp³-hybridized carbons (Fsp3) is 0.267. The van der Waals surface area contributed by atoms with Crippen LogP contribution in [0.4, 0.5) is 11.4 Å². The monoisotopic (exact) mass is 470 g/mol. The van der Waals surface area contributed by atoms with Crippen LogP contribution in [0.15, 0.2) is 73.3 Å². The minimum absolute atomic E-state index is 0.131. The number of nitrogens with one attached hydrogen (secondary N) is 1. The molecule has 0 unspecified atom stereocenters. The molecule has 0 radical (unpaired) electrons. The number of rotatable bonds is 9. The highest BCUT2D eigenvalue weighted by Crippen LogP contribution is 2.38. The van der Waals surface area contributed by atoms with Gasteiger partial charge in [0.2, 0.25) is 0 Å². The van der Waals surface area contributed by atoms with Crippen LogP contribution in [0.5, 0.6) is 0 Å². The van der Waals surface area contributed by atoms with Crippen molar-refractivity contribution in [3.05, 3.63) is 101 Å². The van der Waals surface area contributed by atoms with Crippen LogP contribution in [-0.4, -0.2) is 31.8 Å². The molecule has 0 heterocycles. The Kier molecular flexibility index (Phi) is 9.39. The predicted molar refractivity (Wildman–Crippen MR) is 144 cm³/mol. The fourth-order valence-corrected chi connectivity index (χ4v) is 4.07. The highest BCUT2D eigenvalue weighted by Gasteiger charge is 2.34. The van der Waals surface area contributed by atoms with Gasteiger partial charge in [0.1, 0.15) is 0 Å². The lowest BCUT2D eigenvalue weighted by Crippen LogP contribution is -2.30. The number of ketones is 2. The van der Waals surface area contributed by atoms with E-state index in [-0.39, 0.29) is 11.6 Å². The summed E-state index contributed by atoms with van der Waals surface area (Å²) in [5.41, 5.74) is 4.23. The molecule has 182 valence electrons. The highest BCUT2D eigenvalue weighted by atomic mass is 16.7. The number of fused-ring (bicyclic) bond motifs is 2. The molecule has 1 aliphatic rings. The first kappa shape index (κ1) is 25.9. The summed E-state index contributed by atoms with van der Waals surface area (Å²) in [6.07, 6.45) is 5.00. The minimum Gasteiger partial charge on any atom is -0.388 e. The van der Waals surface area contributed by atoms with E-state index in [0.717, 1.165) is 19.3 Å². The molecule has 1 aliphatic carbocycles. The summed E-state index contributed by atoms with van der Waals surface area (Å²) in [4.78, 5) is 32.4. The van der Waals surface area contributed by atoms with E-state index in [1.807, 2.05) is 55.5 Å². The van der Waals surface area contributed by atoms with Gasteiger partial charge in [-0.1, -0.05) is 87.0 Å². The van der Waals surface area contributed by atoms with Crippen LogP contribution in [0, 0.1) is 0 Å². The van der Waals surface area contributed by atoms with Crippen molar-refractivity contribution in [1.29, 1.82) is 0 Å². The molecule has 0 aromatic heterocycles. The zero-order valence-electron chi connectivity index (χ0n) is 20.8. The first-order valence-electron chi connectivity index (χ1n) is 12.2. The van der Waals surface area contributed by atoms with Crippen molar-refractivity contribution >= 4 is 29.0 Å². The summed E-state index contributed by atoms with van der Waals surface area (Å²) in [5, 5.41) is 4.78. The average Bonchev–Trinajstić information content (AvgIpc) is 2.92. The summed E-state index contributed by atoms with van der Waals surface area (Å²) in [6, 6.07) is 20.7. The summed E-state index contributed by atoms with van der Waals surface area (Å²) >= 11 is 0. The molecule has 0 aliphatic heterocycles. The number of nitrogens with zero attached hydrogens (tertiary/aromatic N) is 1. The van der Waals surface area contributed by atoms with Crippen molar-refractivity contribution in [3.8, 4) is 0 Å². The molecule has 0 atom stereocenters. The molecule has 0 spiro atoms. The second kappa shape index (κ2) is 12.7. The predicted octanol–water partition coefficient (Wildman–Crippen LogP) is 6.78. The maximum absolute atomic E-state index is 13.3. The molecule has 5 heteroatoms. The lowest BCUT2D eigenvalue weighted by atomic mass is 9.82. The second-order valence-corrected chi connectivity index (χ2v) is 8.19. The molecule has 0 saturated heterocycles. The van der Waals surface area contributed by atoms with Gasteiger partial charge in [0.25, 0.3) is 0 Å². The van der Waals surface area contributed by atoms with E-state index in [9.17, 15) is 9.59 Å². The van der Waals surface area contributed by atoms with E-state index in [4.69, 9.17) is 4.84 Å². The van der Waals surface area contributed by atoms with Gasteiger partial charge in [-0.15, -0.1) is 0 Å². The number of anilines is 2.